The van der Waals surface area contributed by atoms with Crippen LogP contribution in [0.15, 0.2) is 18.2 Å². The van der Waals surface area contributed by atoms with Gasteiger partial charge in [0, 0.05) is 6.04 Å². The summed E-state index contributed by atoms with van der Waals surface area (Å²) in [5, 5.41) is 12.6. The standard InChI is InChI=1S/C15H19F2NO3/c1-9(2)18-15(14(19)20,10-6-7-10)8-21-13-11(16)4-3-5-12(13)17/h3-5,9-10,18H,6-8H2,1-2H3,(H,19,20). The Balaban J connectivity index is 2.21. The number of nitrogens with one attached hydrogen (secondary N) is 1. The van der Waals surface area contributed by atoms with Crippen molar-refractivity contribution in [2.24, 2.45) is 5.92 Å². The molecule has 6 heteroatoms. The van der Waals surface area contributed by atoms with Crippen LogP contribution >= 0.6 is 0 Å². The minimum absolute atomic E-state index is 0.0873. The smallest absolute Gasteiger partial charge is 0.327 e. The molecule has 1 aromatic rings. The summed E-state index contributed by atoms with van der Waals surface area (Å²) in [5.41, 5.74) is -1.32. The lowest BCUT2D eigenvalue weighted by Crippen LogP contribution is -2.60. The molecule has 2 rings (SSSR count). The highest BCUT2D eigenvalue weighted by Gasteiger charge is 2.52. The van der Waals surface area contributed by atoms with E-state index < -0.39 is 28.9 Å². The molecule has 1 atom stereocenters. The SMILES string of the molecule is CC(C)NC(COc1c(F)cccc1F)(C(=O)O)C1CC1. The first-order chi connectivity index (χ1) is 9.86. The van der Waals surface area contributed by atoms with E-state index in [2.05, 4.69) is 5.32 Å². The maximum Gasteiger partial charge on any atom is 0.327 e. The highest BCUT2D eigenvalue weighted by molar-refractivity contribution is 5.80. The lowest BCUT2D eigenvalue weighted by molar-refractivity contribution is -0.148. The number of para-hydroxylation sites is 1. The van der Waals surface area contributed by atoms with Crippen molar-refractivity contribution in [3.63, 3.8) is 0 Å². The zero-order valence-electron chi connectivity index (χ0n) is 12.0. The number of halogens is 2. The molecule has 1 aliphatic rings. The van der Waals surface area contributed by atoms with Gasteiger partial charge < -0.3 is 9.84 Å². The van der Waals surface area contributed by atoms with Gasteiger partial charge in [-0.25, -0.2) is 8.78 Å². The Morgan fingerprint density at radius 1 is 1.43 bits per heavy atom. The topological polar surface area (TPSA) is 58.6 Å². The van der Waals surface area contributed by atoms with Gasteiger partial charge in [0.05, 0.1) is 0 Å². The van der Waals surface area contributed by atoms with Gasteiger partial charge in [-0.15, -0.1) is 0 Å². The van der Waals surface area contributed by atoms with Crippen molar-refractivity contribution in [2.45, 2.75) is 38.3 Å². The molecule has 0 amide bonds. The van der Waals surface area contributed by atoms with E-state index in [1.807, 2.05) is 13.8 Å². The molecule has 0 spiro atoms. The van der Waals surface area contributed by atoms with Crippen LogP contribution in [0.3, 0.4) is 0 Å². The third-order valence-corrected chi connectivity index (χ3v) is 3.57. The summed E-state index contributed by atoms with van der Waals surface area (Å²) in [6, 6.07) is 3.30. The molecule has 4 nitrogen and oxygen atoms in total. The molecule has 0 saturated heterocycles. The Labute approximate surface area is 122 Å². The number of carboxylic acid groups (broad SMARTS) is 1. The van der Waals surface area contributed by atoms with Crippen molar-refractivity contribution in [1.82, 2.24) is 5.32 Å². The number of hydrogen-bond acceptors (Lipinski definition) is 3. The zero-order chi connectivity index (χ0) is 15.6. The Kier molecular flexibility index (Phi) is 4.46. The summed E-state index contributed by atoms with van der Waals surface area (Å²) in [6.45, 7) is 3.33. The van der Waals surface area contributed by atoms with Gasteiger partial charge in [-0.1, -0.05) is 6.07 Å². The quantitative estimate of drug-likeness (QED) is 0.812. The predicted octanol–water partition coefficient (Wildman–Crippen LogP) is 2.58. The summed E-state index contributed by atoms with van der Waals surface area (Å²) >= 11 is 0. The Morgan fingerprint density at radius 3 is 2.43 bits per heavy atom. The molecule has 0 heterocycles. The van der Waals surface area contributed by atoms with Crippen LogP contribution in [0, 0.1) is 17.6 Å². The number of ether oxygens (including phenoxy) is 1. The van der Waals surface area contributed by atoms with Crippen LogP contribution in [0.25, 0.3) is 0 Å². The summed E-state index contributed by atoms with van der Waals surface area (Å²) < 4.78 is 32.3. The predicted molar refractivity (Wildman–Crippen MR) is 73.2 cm³/mol. The minimum atomic E-state index is -1.32. The third kappa shape index (κ3) is 3.32. The van der Waals surface area contributed by atoms with E-state index >= 15 is 0 Å². The normalized spacial score (nSPS) is 17.6. The van der Waals surface area contributed by atoms with Gasteiger partial charge in [0.1, 0.15) is 6.61 Å². The maximum absolute atomic E-state index is 13.6. The van der Waals surface area contributed by atoms with E-state index in [0.717, 1.165) is 25.0 Å². The number of benzene rings is 1. The van der Waals surface area contributed by atoms with Crippen LogP contribution < -0.4 is 10.1 Å². The highest BCUT2D eigenvalue weighted by atomic mass is 19.1. The van der Waals surface area contributed by atoms with Crippen LogP contribution in [0.4, 0.5) is 8.78 Å². The van der Waals surface area contributed by atoms with E-state index in [0.29, 0.717) is 0 Å². The van der Waals surface area contributed by atoms with E-state index in [1.165, 1.54) is 6.07 Å². The Hall–Kier alpha value is -1.69. The second-order valence-electron chi connectivity index (χ2n) is 5.69. The van der Waals surface area contributed by atoms with Crippen LogP contribution in [0.5, 0.6) is 5.75 Å². The molecule has 0 aromatic heterocycles. The van der Waals surface area contributed by atoms with E-state index in [9.17, 15) is 18.7 Å². The van der Waals surface area contributed by atoms with Crippen LogP contribution in [0.1, 0.15) is 26.7 Å². The number of carbonyl (C=O) groups is 1. The van der Waals surface area contributed by atoms with Crippen molar-refractivity contribution in [3.05, 3.63) is 29.8 Å². The maximum atomic E-state index is 13.6. The largest absolute Gasteiger partial charge is 0.485 e. The summed E-state index contributed by atoms with van der Waals surface area (Å²) in [7, 11) is 0. The third-order valence-electron chi connectivity index (χ3n) is 3.57. The van der Waals surface area contributed by atoms with Gasteiger partial charge in [-0.3, -0.25) is 10.1 Å². The number of rotatable bonds is 7. The van der Waals surface area contributed by atoms with Gasteiger partial charge in [0.15, 0.2) is 22.9 Å². The summed E-state index contributed by atoms with van der Waals surface area (Å²) in [4.78, 5) is 11.7. The summed E-state index contributed by atoms with van der Waals surface area (Å²) in [5.74, 6) is -3.36. The van der Waals surface area contributed by atoms with Crippen molar-refractivity contribution in [1.29, 1.82) is 0 Å². The van der Waals surface area contributed by atoms with Gasteiger partial charge >= 0.3 is 5.97 Å². The van der Waals surface area contributed by atoms with Crippen LogP contribution in [0.2, 0.25) is 0 Å². The Bertz CT molecular complexity index is 511. The van der Waals surface area contributed by atoms with E-state index in [-0.39, 0.29) is 18.6 Å². The molecule has 116 valence electrons. The highest BCUT2D eigenvalue weighted by Crippen LogP contribution is 2.41. The molecule has 21 heavy (non-hydrogen) atoms. The fourth-order valence-corrected chi connectivity index (χ4v) is 2.47. The second-order valence-corrected chi connectivity index (χ2v) is 5.69. The minimum Gasteiger partial charge on any atom is -0.485 e. The molecule has 1 unspecified atom stereocenters. The van der Waals surface area contributed by atoms with Gasteiger partial charge in [0.25, 0.3) is 0 Å². The molecule has 2 N–H and O–H groups in total. The molecule has 1 saturated carbocycles. The van der Waals surface area contributed by atoms with Crippen molar-refractivity contribution in [3.8, 4) is 5.75 Å². The molecular formula is C15H19F2NO3. The Morgan fingerprint density at radius 2 is 2.00 bits per heavy atom. The monoisotopic (exact) mass is 299 g/mol. The van der Waals surface area contributed by atoms with Crippen molar-refractivity contribution >= 4 is 5.97 Å². The first-order valence-corrected chi connectivity index (χ1v) is 6.94. The van der Waals surface area contributed by atoms with Gasteiger partial charge in [-0.2, -0.15) is 0 Å². The second kappa shape index (κ2) is 5.97. The fraction of sp³-hybridized carbons (Fsp3) is 0.533. The van der Waals surface area contributed by atoms with Crippen molar-refractivity contribution in [2.75, 3.05) is 6.61 Å². The van der Waals surface area contributed by atoms with Crippen LogP contribution in [-0.2, 0) is 4.79 Å². The van der Waals surface area contributed by atoms with E-state index in [1.54, 1.807) is 0 Å². The van der Waals surface area contributed by atoms with Crippen LogP contribution in [-0.4, -0.2) is 29.3 Å². The average Bonchev–Trinajstić information content (AvgIpc) is 3.20. The molecule has 1 fully saturated rings. The number of carboxylic acids is 1. The average molecular weight is 299 g/mol. The fourth-order valence-electron chi connectivity index (χ4n) is 2.47. The lowest BCUT2D eigenvalue weighted by Gasteiger charge is -2.32. The van der Waals surface area contributed by atoms with Crippen molar-refractivity contribution < 1.29 is 23.4 Å². The molecule has 0 radical (unpaired) electrons. The van der Waals surface area contributed by atoms with Gasteiger partial charge in [-0.05, 0) is 44.7 Å². The first-order valence-electron chi connectivity index (χ1n) is 6.94. The zero-order valence-corrected chi connectivity index (χ0v) is 12.0. The molecule has 0 aliphatic heterocycles. The van der Waals surface area contributed by atoms with Gasteiger partial charge in [0.2, 0.25) is 0 Å². The number of aliphatic carboxylic acids is 1. The molecular weight excluding hydrogens is 280 g/mol. The lowest BCUT2D eigenvalue weighted by atomic mass is 9.93. The summed E-state index contributed by atoms with van der Waals surface area (Å²) in [6.07, 6.45) is 1.52. The van der Waals surface area contributed by atoms with E-state index in [4.69, 9.17) is 4.74 Å². The number of hydrogen-bond donors (Lipinski definition) is 2. The first kappa shape index (κ1) is 15.7. The molecule has 0 bridgehead atoms. The molecule has 1 aliphatic carbocycles. The molecule has 1 aromatic carbocycles.